The highest BCUT2D eigenvalue weighted by Crippen LogP contribution is 2.24. The predicted octanol–water partition coefficient (Wildman–Crippen LogP) is 5.17. The molecule has 0 amide bonds. The van der Waals surface area contributed by atoms with Gasteiger partial charge in [-0.2, -0.15) is 10.2 Å². The Kier molecular flexibility index (Phi) is 4.88. The molecule has 4 aromatic rings. The lowest BCUT2D eigenvalue weighted by Gasteiger charge is -2.07. The van der Waals surface area contributed by atoms with Gasteiger partial charge < -0.3 is 13.5 Å². The number of nitriles is 1. The average molecular weight is 384 g/mol. The van der Waals surface area contributed by atoms with Crippen LogP contribution in [0.15, 0.2) is 57.7 Å². The van der Waals surface area contributed by atoms with E-state index in [2.05, 4.69) is 20.8 Å². The first-order valence-electron chi connectivity index (χ1n) is 9.27. The largest absolute Gasteiger partial charge is 0.467 e. The molecule has 0 bridgehead atoms. The maximum Gasteiger partial charge on any atom is 0.268 e. The van der Waals surface area contributed by atoms with Crippen molar-refractivity contribution in [3.63, 3.8) is 0 Å². The van der Waals surface area contributed by atoms with Crippen LogP contribution in [0, 0.1) is 32.1 Å². The van der Waals surface area contributed by atoms with Crippen LogP contribution >= 0.6 is 0 Å². The van der Waals surface area contributed by atoms with E-state index >= 15 is 0 Å². The zero-order chi connectivity index (χ0) is 20.4. The Hall–Kier alpha value is -3.85. The summed E-state index contributed by atoms with van der Waals surface area (Å²) in [5.74, 6) is 1.55. The third-order valence-corrected chi connectivity index (χ3v) is 4.89. The number of rotatable bonds is 5. The van der Waals surface area contributed by atoms with Crippen LogP contribution in [-0.2, 0) is 6.54 Å². The zero-order valence-electron chi connectivity index (χ0n) is 16.5. The lowest BCUT2D eigenvalue weighted by Crippen LogP contribution is -2.02. The number of hydrogen-bond donors (Lipinski definition) is 0. The number of aromatic nitrogens is 3. The van der Waals surface area contributed by atoms with Gasteiger partial charge in [0.1, 0.15) is 17.4 Å². The summed E-state index contributed by atoms with van der Waals surface area (Å²) in [7, 11) is 0. The number of allylic oxidation sites excluding steroid dienone is 1. The third kappa shape index (κ3) is 3.76. The second kappa shape index (κ2) is 7.64. The zero-order valence-corrected chi connectivity index (χ0v) is 16.5. The Morgan fingerprint density at radius 1 is 1.17 bits per heavy atom. The van der Waals surface area contributed by atoms with Crippen LogP contribution < -0.4 is 0 Å². The van der Waals surface area contributed by atoms with Gasteiger partial charge in [-0.25, -0.2) is 0 Å². The summed E-state index contributed by atoms with van der Waals surface area (Å²) in [5.41, 5.74) is 5.37. The van der Waals surface area contributed by atoms with E-state index in [1.165, 1.54) is 0 Å². The molecule has 4 rings (SSSR count). The van der Waals surface area contributed by atoms with Crippen molar-refractivity contribution in [3.05, 3.63) is 82.9 Å². The minimum atomic E-state index is 0.207. The van der Waals surface area contributed by atoms with Crippen molar-refractivity contribution in [2.45, 2.75) is 27.3 Å². The van der Waals surface area contributed by atoms with Gasteiger partial charge in [0.2, 0.25) is 5.82 Å². The van der Waals surface area contributed by atoms with Crippen molar-refractivity contribution in [1.82, 2.24) is 14.7 Å². The minimum Gasteiger partial charge on any atom is -0.467 e. The summed E-state index contributed by atoms with van der Waals surface area (Å²) >= 11 is 0. The SMILES string of the molecule is Cc1ccc(-c2noc(/C(C#N)=C/c3cc(C)n(Cc4ccco4)c3C)n2)cc1. The summed E-state index contributed by atoms with van der Waals surface area (Å²) < 4.78 is 13.0. The lowest BCUT2D eigenvalue weighted by molar-refractivity contribution is 0.409. The molecular weight excluding hydrogens is 364 g/mol. The molecule has 0 unspecified atom stereocenters. The van der Waals surface area contributed by atoms with Crippen LogP contribution in [0.3, 0.4) is 0 Å². The first kappa shape index (κ1) is 18.5. The van der Waals surface area contributed by atoms with Crippen molar-refractivity contribution >= 4 is 11.6 Å². The molecule has 0 saturated heterocycles. The lowest BCUT2D eigenvalue weighted by atomic mass is 10.1. The molecule has 0 N–H and O–H groups in total. The Bertz CT molecular complexity index is 1200. The van der Waals surface area contributed by atoms with Crippen molar-refractivity contribution < 1.29 is 8.94 Å². The van der Waals surface area contributed by atoms with Gasteiger partial charge in [-0.05, 0) is 50.6 Å². The van der Waals surface area contributed by atoms with Gasteiger partial charge in [0.05, 0.1) is 12.8 Å². The second-order valence-corrected chi connectivity index (χ2v) is 6.95. The van der Waals surface area contributed by atoms with E-state index in [1.807, 2.05) is 63.2 Å². The van der Waals surface area contributed by atoms with Crippen LogP contribution in [0.2, 0.25) is 0 Å². The maximum atomic E-state index is 9.66. The van der Waals surface area contributed by atoms with Gasteiger partial charge in [-0.1, -0.05) is 35.0 Å². The molecule has 0 fully saturated rings. The van der Waals surface area contributed by atoms with E-state index < -0.39 is 0 Å². The molecule has 0 aliphatic heterocycles. The first-order valence-corrected chi connectivity index (χ1v) is 9.27. The van der Waals surface area contributed by atoms with E-state index in [9.17, 15) is 5.26 Å². The summed E-state index contributed by atoms with van der Waals surface area (Å²) in [6, 6.07) is 15.9. The van der Waals surface area contributed by atoms with Crippen molar-refractivity contribution in [2.75, 3.05) is 0 Å². The van der Waals surface area contributed by atoms with Crippen molar-refractivity contribution in [3.8, 4) is 17.5 Å². The highest BCUT2D eigenvalue weighted by atomic mass is 16.5. The number of hydrogen-bond acceptors (Lipinski definition) is 5. The van der Waals surface area contributed by atoms with Gasteiger partial charge in [-0.15, -0.1) is 0 Å². The molecule has 29 heavy (non-hydrogen) atoms. The van der Waals surface area contributed by atoms with Gasteiger partial charge in [0, 0.05) is 17.0 Å². The highest BCUT2D eigenvalue weighted by molar-refractivity contribution is 5.87. The quantitative estimate of drug-likeness (QED) is 0.444. The van der Waals surface area contributed by atoms with Gasteiger partial charge in [0.25, 0.3) is 5.89 Å². The molecule has 144 valence electrons. The van der Waals surface area contributed by atoms with Crippen LogP contribution in [-0.4, -0.2) is 14.7 Å². The molecule has 3 aromatic heterocycles. The smallest absolute Gasteiger partial charge is 0.268 e. The maximum absolute atomic E-state index is 9.66. The molecule has 6 nitrogen and oxygen atoms in total. The molecule has 1 aromatic carbocycles. The Morgan fingerprint density at radius 3 is 2.66 bits per heavy atom. The monoisotopic (exact) mass is 384 g/mol. The van der Waals surface area contributed by atoms with Gasteiger partial charge >= 0.3 is 0 Å². The molecule has 3 heterocycles. The minimum absolute atomic E-state index is 0.207. The van der Waals surface area contributed by atoms with E-state index in [1.54, 1.807) is 12.3 Å². The molecule has 0 aliphatic carbocycles. The molecule has 0 atom stereocenters. The number of furan rings is 1. The van der Waals surface area contributed by atoms with E-state index in [-0.39, 0.29) is 5.89 Å². The summed E-state index contributed by atoms with van der Waals surface area (Å²) in [5, 5.41) is 13.7. The molecule has 6 heteroatoms. The molecular formula is C23H20N4O2. The van der Waals surface area contributed by atoms with Crippen LogP contribution in [0.25, 0.3) is 23.0 Å². The summed E-state index contributed by atoms with van der Waals surface area (Å²) in [6.45, 7) is 6.70. The van der Waals surface area contributed by atoms with Crippen molar-refractivity contribution in [2.24, 2.45) is 0 Å². The van der Waals surface area contributed by atoms with Crippen molar-refractivity contribution in [1.29, 1.82) is 5.26 Å². The fourth-order valence-corrected chi connectivity index (χ4v) is 3.23. The predicted molar refractivity (Wildman–Crippen MR) is 110 cm³/mol. The van der Waals surface area contributed by atoms with Crippen LogP contribution in [0.4, 0.5) is 0 Å². The first-order chi connectivity index (χ1) is 14.0. The highest BCUT2D eigenvalue weighted by Gasteiger charge is 2.15. The fraction of sp³-hybridized carbons (Fsp3) is 0.174. The van der Waals surface area contributed by atoms with Gasteiger partial charge in [0.15, 0.2) is 0 Å². The van der Waals surface area contributed by atoms with Crippen LogP contribution in [0.5, 0.6) is 0 Å². The average Bonchev–Trinajstić information content (AvgIpc) is 3.45. The number of benzene rings is 1. The van der Waals surface area contributed by atoms with E-state index in [0.717, 1.165) is 33.8 Å². The number of nitrogens with zero attached hydrogens (tertiary/aromatic N) is 4. The summed E-state index contributed by atoms with van der Waals surface area (Å²) in [6.07, 6.45) is 3.45. The topological polar surface area (TPSA) is 80.8 Å². The van der Waals surface area contributed by atoms with Crippen LogP contribution in [0.1, 0.15) is 34.2 Å². The normalized spacial score (nSPS) is 11.6. The standard InChI is InChI=1S/C23H20N4O2/c1-15-6-8-18(9-7-15)22-25-23(29-26-22)20(13-24)12-19-11-16(2)27(17(19)3)14-21-5-4-10-28-21/h4-12H,14H2,1-3H3/b20-12+. The van der Waals surface area contributed by atoms with E-state index in [0.29, 0.717) is 17.9 Å². The Morgan fingerprint density at radius 2 is 1.97 bits per heavy atom. The number of aryl methyl sites for hydroxylation is 2. The molecule has 0 saturated carbocycles. The molecule has 0 aliphatic rings. The summed E-state index contributed by atoms with van der Waals surface area (Å²) in [4.78, 5) is 4.41. The molecule has 0 radical (unpaired) electrons. The van der Waals surface area contributed by atoms with E-state index in [4.69, 9.17) is 8.94 Å². The Labute approximate surface area is 168 Å². The Balaban J connectivity index is 1.65. The second-order valence-electron chi connectivity index (χ2n) is 6.95. The third-order valence-electron chi connectivity index (χ3n) is 4.89. The fourth-order valence-electron chi connectivity index (χ4n) is 3.23. The molecule has 0 spiro atoms. The van der Waals surface area contributed by atoms with Gasteiger partial charge in [-0.3, -0.25) is 0 Å².